The zero-order valence-corrected chi connectivity index (χ0v) is 18.1. The van der Waals surface area contributed by atoms with Gasteiger partial charge in [0.15, 0.2) is 0 Å². The first-order valence-electron chi connectivity index (χ1n) is 10.2. The number of hydrogen-bond acceptors (Lipinski definition) is 3. The second-order valence-corrected chi connectivity index (χ2v) is 8.50. The Morgan fingerprint density at radius 1 is 1.10 bits per heavy atom. The average Bonchev–Trinajstić information content (AvgIpc) is 3.03. The lowest BCUT2D eigenvalue weighted by Gasteiger charge is -2.18. The normalized spacial score (nSPS) is 11.6. The lowest BCUT2D eigenvalue weighted by Crippen LogP contribution is -2.35. The first-order valence-corrected chi connectivity index (χ1v) is 10.2. The highest BCUT2D eigenvalue weighted by atomic mass is 16.5. The maximum atomic E-state index is 12.3. The molecule has 1 aromatic heterocycles. The first kappa shape index (κ1) is 20.9. The molecule has 2 aromatic carbocycles. The minimum Gasteiger partial charge on any atom is -0.493 e. The Bertz CT molecular complexity index is 999. The van der Waals surface area contributed by atoms with Gasteiger partial charge in [0, 0.05) is 12.0 Å². The summed E-state index contributed by atoms with van der Waals surface area (Å²) < 4.78 is 8.19. The number of carbonyl (C=O) groups excluding carboxylic acids is 1. The summed E-state index contributed by atoms with van der Waals surface area (Å²) in [5.41, 5.74) is 4.03. The summed E-state index contributed by atoms with van der Waals surface area (Å²) in [5, 5.41) is 3.02. The Morgan fingerprint density at radius 2 is 1.86 bits per heavy atom. The van der Waals surface area contributed by atoms with Gasteiger partial charge in [-0.25, -0.2) is 4.98 Å². The minimum absolute atomic E-state index is 0.0226. The third-order valence-corrected chi connectivity index (χ3v) is 5.16. The van der Waals surface area contributed by atoms with Gasteiger partial charge in [-0.1, -0.05) is 45.0 Å². The number of imidazole rings is 1. The van der Waals surface area contributed by atoms with E-state index in [9.17, 15) is 4.79 Å². The molecule has 0 unspecified atom stereocenters. The molecule has 5 heteroatoms. The number of carbonyl (C=O) groups is 1. The van der Waals surface area contributed by atoms with Crippen LogP contribution in [0.25, 0.3) is 11.0 Å². The van der Waals surface area contributed by atoms with Gasteiger partial charge in [-0.3, -0.25) is 4.79 Å². The van der Waals surface area contributed by atoms with Crippen LogP contribution in [0.4, 0.5) is 0 Å². The van der Waals surface area contributed by atoms with Gasteiger partial charge in [-0.2, -0.15) is 0 Å². The van der Waals surface area contributed by atoms with E-state index in [1.165, 1.54) is 11.1 Å². The number of ether oxygens (including phenoxy) is 1. The van der Waals surface area contributed by atoms with Gasteiger partial charge in [-0.15, -0.1) is 0 Å². The van der Waals surface area contributed by atoms with E-state index in [-0.39, 0.29) is 5.91 Å². The van der Waals surface area contributed by atoms with Crippen molar-refractivity contribution >= 4 is 16.9 Å². The minimum atomic E-state index is -0.420. The summed E-state index contributed by atoms with van der Waals surface area (Å²) >= 11 is 0. The molecule has 0 saturated heterocycles. The second-order valence-electron chi connectivity index (χ2n) is 8.50. The number of nitrogens with one attached hydrogen (secondary N) is 1. The molecule has 0 saturated carbocycles. The smallest absolute Gasteiger partial charge is 0.225 e. The number of rotatable bonds is 7. The lowest BCUT2D eigenvalue weighted by molar-refractivity contribution is -0.128. The van der Waals surface area contributed by atoms with Gasteiger partial charge in [0.05, 0.1) is 24.2 Å². The molecular formula is C24H31N3O2. The lowest BCUT2D eigenvalue weighted by atomic mass is 9.96. The number of fused-ring (bicyclic) bond motifs is 1. The van der Waals surface area contributed by atoms with Gasteiger partial charge >= 0.3 is 0 Å². The number of aryl methyl sites for hydroxylation is 2. The number of benzene rings is 2. The maximum Gasteiger partial charge on any atom is 0.225 e. The third-order valence-electron chi connectivity index (χ3n) is 5.16. The van der Waals surface area contributed by atoms with Gasteiger partial charge in [0.2, 0.25) is 5.91 Å². The molecular weight excluding hydrogens is 362 g/mol. The molecule has 0 bridgehead atoms. The molecule has 0 aliphatic carbocycles. The average molecular weight is 394 g/mol. The molecule has 3 aromatic rings. The van der Waals surface area contributed by atoms with Crippen LogP contribution in [0, 0.1) is 19.3 Å². The molecule has 0 spiro atoms. The highest BCUT2D eigenvalue weighted by Gasteiger charge is 2.21. The van der Waals surface area contributed by atoms with Crippen molar-refractivity contribution in [3.63, 3.8) is 0 Å². The highest BCUT2D eigenvalue weighted by molar-refractivity contribution is 5.81. The summed E-state index contributed by atoms with van der Waals surface area (Å²) in [6.07, 6.45) is 0.855. The van der Waals surface area contributed by atoms with Crippen LogP contribution >= 0.6 is 0 Å². The number of amides is 1. The van der Waals surface area contributed by atoms with Crippen LogP contribution < -0.4 is 10.1 Å². The fraction of sp³-hybridized carbons (Fsp3) is 0.417. The zero-order valence-electron chi connectivity index (χ0n) is 18.1. The molecule has 154 valence electrons. The fourth-order valence-electron chi connectivity index (χ4n) is 3.22. The molecule has 29 heavy (non-hydrogen) atoms. The predicted molar refractivity (Wildman–Crippen MR) is 117 cm³/mol. The second kappa shape index (κ2) is 8.68. The summed E-state index contributed by atoms with van der Waals surface area (Å²) in [4.78, 5) is 17.0. The van der Waals surface area contributed by atoms with Gasteiger partial charge < -0.3 is 14.6 Å². The predicted octanol–water partition coefficient (Wildman–Crippen LogP) is 4.78. The molecule has 1 amide bonds. The van der Waals surface area contributed by atoms with Crippen LogP contribution in [0.2, 0.25) is 0 Å². The van der Waals surface area contributed by atoms with E-state index in [2.05, 4.69) is 35.9 Å². The van der Waals surface area contributed by atoms with Crippen LogP contribution in [0.5, 0.6) is 5.75 Å². The third kappa shape index (κ3) is 4.97. The summed E-state index contributed by atoms with van der Waals surface area (Å²) in [5.74, 6) is 1.84. The van der Waals surface area contributed by atoms with Crippen molar-refractivity contribution in [2.45, 2.75) is 54.1 Å². The van der Waals surface area contributed by atoms with Crippen molar-refractivity contribution in [3.05, 3.63) is 59.4 Å². The SMILES string of the molecule is Cc1cccc(OCCCn2c(CNC(=O)C(C)(C)C)nc3ccccc32)c1C. The van der Waals surface area contributed by atoms with Crippen molar-refractivity contribution in [2.24, 2.45) is 5.41 Å². The summed E-state index contributed by atoms with van der Waals surface area (Å²) in [7, 11) is 0. The monoisotopic (exact) mass is 393 g/mol. The Balaban J connectivity index is 1.69. The molecule has 0 fully saturated rings. The molecule has 1 heterocycles. The first-order chi connectivity index (χ1) is 13.8. The van der Waals surface area contributed by atoms with Crippen molar-refractivity contribution in [2.75, 3.05) is 6.61 Å². The Labute approximate surface area is 173 Å². The fourth-order valence-corrected chi connectivity index (χ4v) is 3.22. The van der Waals surface area contributed by atoms with E-state index >= 15 is 0 Å². The molecule has 0 aliphatic heterocycles. The van der Waals surface area contributed by atoms with Crippen molar-refractivity contribution in [3.8, 4) is 5.75 Å². The summed E-state index contributed by atoms with van der Waals surface area (Å²) in [6, 6.07) is 14.2. The number of nitrogens with zero attached hydrogens (tertiary/aromatic N) is 2. The van der Waals surface area contributed by atoms with Gasteiger partial charge in [0.25, 0.3) is 0 Å². The molecule has 0 atom stereocenters. The number of aromatic nitrogens is 2. The van der Waals surface area contributed by atoms with E-state index in [4.69, 9.17) is 9.72 Å². The van der Waals surface area contributed by atoms with Crippen LogP contribution in [0.15, 0.2) is 42.5 Å². The Morgan fingerprint density at radius 3 is 2.62 bits per heavy atom. The molecule has 3 rings (SSSR count). The maximum absolute atomic E-state index is 12.3. The van der Waals surface area contributed by atoms with E-state index < -0.39 is 5.41 Å². The van der Waals surface area contributed by atoms with Crippen molar-refractivity contribution in [1.29, 1.82) is 0 Å². The number of para-hydroxylation sites is 2. The van der Waals surface area contributed by atoms with Crippen LogP contribution in [-0.2, 0) is 17.9 Å². The topological polar surface area (TPSA) is 56.1 Å². The van der Waals surface area contributed by atoms with Crippen LogP contribution in [-0.4, -0.2) is 22.1 Å². The van der Waals surface area contributed by atoms with Crippen LogP contribution in [0.1, 0.15) is 44.1 Å². The Kier molecular flexibility index (Phi) is 6.26. The van der Waals surface area contributed by atoms with Gasteiger partial charge in [-0.05, 0) is 49.6 Å². The molecule has 1 N–H and O–H groups in total. The summed E-state index contributed by atoms with van der Waals surface area (Å²) in [6.45, 7) is 11.8. The van der Waals surface area contributed by atoms with Crippen molar-refractivity contribution < 1.29 is 9.53 Å². The zero-order chi connectivity index (χ0) is 21.0. The highest BCUT2D eigenvalue weighted by Crippen LogP contribution is 2.21. The molecule has 5 nitrogen and oxygen atoms in total. The molecule has 0 radical (unpaired) electrons. The van der Waals surface area contributed by atoms with E-state index in [1.807, 2.05) is 51.1 Å². The van der Waals surface area contributed by atoms with E-state index in [1.54, 1.807) is 0 Å². The standard InChI is InChI=1S/C24H31N3O2/c1-17-10-8-13-21(18(17)2)29-15-9-14-27-20-12-7-6-11-19(20)26-22(27)16-25-23(28)24(3,4)5/h6-8,10-13H,9,14-16H2,1-5H3,(H,25,28). The van der Waals surface area contributed by atoms with E-state index in [0.717, 1.165) is 35.6 Å². The number of hydrogen-bond donors (Lipinski definition) is 1. The van der Waals surface area contributed by atoms with Gasteiger partial charge in [0.1, 0.15) is 11.6 Å². The van der Waals surface area contributed by atoms with Crippen LogP contribution in [0.3, 0.4) is 0 Å². The van der Waals surface area contributed by atoms with E-state index in [0.29, 0.717) is 13.2 Å². The molecule has 0 aliphatic rings. The quantitative estimate of drug-likeness (QED) is 0.588. The van der Waals surface area contributed by atoms with Crippen molar-refractivity contribution in [1.82, 2.24) is 14.9 Å². The largest absolute Gasteiger partial charge is 0.493 e. The Hall–Kier alpha value is -2.82.